The van der Waals surface area contributed by atoms with Crippen molar-refractivity contribution in [2.45, 2.75) is 25.8 Å². The van der Waals surface area contributed by atoms with E-state index < -0.39 is 5.54 Å². The van der Waals surface area contributed by atoms with Gasteiger partial charge in [-0.15, -0.1) is 0 Å². The Labute approximate surface area is 72.0 Å². The number of hydrogen-bond acceptors (Lipinski definition) is 4. The Morgan fingerprint density at radius 2 is 2.42 bits per heavy atom. The molecule has 4 heteroatoms. The summed E-state index contributed by atoms with van der Waals surface area (Å²) in [7, 11) is 1.38. The van der Waals surface area contributed by atoms with Crippen LogP contribution in [0.25, 0.3) is 0 Å². The summed E-state index contributed by atoms with van der Waals surface area (Å²) >= 11 is 0. The number of hydrogen-bond donors (Lipinski definition) is 0. The van der Waals surface area contributed by atoms with Gasteiger partial charge in [-0.3, -0.25) is 0 Å². The smallest absolute Gasteiger partial charge is 0.335 e. The number of ether oxygens (including phenoxy) is 1. The molecule has 0 bridgehead atoms. The van der Waals surface area contributed by atoms with Crippen molar-refractivity contribution in [3.63, 3.8) is 0 Å². The Morgan fingerprint density at radius 3 is 2.92 bits per heavy atom. The quantitative estimate of drug-likeness (QED) is 0.588. The zero-order valence-corrected chi connectivity index (χ0v) is 7.70. The molecular weight excluding hydrogens is 156 g/mol. The van der Waals surface area contributed by atoms with Crippen molar-refractivity contribution in [1.82, 2.24) is 0 Å². The van der Waals surface area contributed by atoms with Crippen molar-refractivity contribution in [2.24, 2.45) is 16.1 Å². The highest BCUT2D eigenvalue weighted by molar-refractivity contribution is 5.81. The van der Waals surface area contributed by atoms with E-state index in [9.17, 15) is 4.79 Å². The lowest BCUT2D eigenvalue weighted by Gasteiger charge is -2.22. The zero-order valence-electron chi connectivity index (χ0n) is 7.70. The largest absolute Gasteiger partial charge is 0.467 e. The molecule has 1 aliphatic heterocycles. The van der Waals surface area contributed by atoms with E-state index in [0.29, 0.717) is 6.54 Å². The maximum Gasteiger partial charge on any atom is 0.335 e. The number of esters is 1. The number of carbonyl (C=O) groups is 1. The SMILES string of the molecule is CC[C@@H]1CN=N[C@@]1(C)C(=O)OC. The van der Waals surface area contributed by atoms with E-state index in [1.807, 2.05) is 6.92 Å². The average molecular weight is 170 g/mol. The Bertz CT molecular complexity index is 215. The van der Waals surface area contributed by atoms with Gasteiger partial charge in [0.15, 0.2) is 5.54 Å². The van der Waals surface area contributed by atoms with Crippen LogP contribution in [0.5, 0.6) is 0 Å². The van der Waals surface area contributed by atoms with Gasteiger partial charge in [-0.25, -0.2) is 4.79 Å². The molecule has 0 radical (unpaired) electrons. The molecule has 1 heterocycles. The van der Waals surface area contributed by atoms with Crippen LogP contribution in [0.4, 0.5) is 0 Å². The van der Waals surface area contributed by atoms with Gasteiger partial charge in [0, 0.05) is 5.92 Å². The van der Waals surface area contributed by atoms with Gasteiger partial charge in [-0.2, -0.15) is 10.2 Å². The lowest BCUT2D eigenvalue weighted by Crippen LogP contribution is -2.40. The third-order valence-electron chi connectivity index (χ3n) is 2.47. The lowest BCUT2D eigenvalue weighted by atomic mass is 9.86. The minimum Gasteiger partial charge on any atom is -0.467 e. The summed E-state index contributed by atoms with van der Waals surface area (Å²) in [5.41, 5.74) is -0.733. The first kappa shape index (κ1) is 9.16. The Balaban J connectivity index is 2.80. The molecule has 0 spiro atoms. The van der Waals surface area contributed by atoms with Crippen LogP contribution in [0.2, 0.25) is 0 Å². The topological polar surface area (TPSA) is 51.0 Å². The van der Waals surface area contributed by atoms with Gasteiger partial charge in [0.05, 0.1) is 13.7 Å². The zero-order chi connectivity index (χ0) is 9.19. The van der Waals surface area contributed by atoms with E-state index in [-0.39, 0.29) is 11.9 Å². The number of rotatable bonds is 2. The normalized spacial score (nSPS) is 33.8. The van der Waals surface area contributed by atoms with Gasteiger partial charge >= 0.3 is 5.97 Å². The second-order valence-corrected chi connectivity index (χ2v) is 3.17. The summed E-state index contributed by atoms with van der Waals surface area (Å²) in [5.74, 6) is -0.0828. The summed E-state index contributed by atoms with van der Waals surface area (Å²) in [4.78, 5) is 11.3. The summed E-state index contributed by atoms with van der Waals surface area (Å²) in [6, 6.07) is 0. The predicted molar refractivity (Wildman–Crippen MR) is 43.9 cm³/mol. The molecule has 0 aromatic rings. The minimum atomic E-state index is -0.733. The van der Waals surface area contributed by atoms with Crippen molar-refractivity contribution in [3.05, 3.63) is 0 Å². The van der Waals surface area contributed by atoms with Gasteiger partial charge in [0.1, 0.15) is 0 Å². The fourth-order valence-corrected chi connectivity index (χ4v) is 1.49. The molecule has 0 aromatic carbocycles. The molecule has 0 aliphatic carbocycles. The Kier molecular flexibility index (Phi) is 2.45. The molecule has 1 rings (SSSR count). The third-order valence-corrected chi connectivity index (χ3v) is 2.47. The highest BCUT2D eigenvalue weighted by atomic mass is 16.5. The summed E-state index contributed by atoms with van der Waals surface area (Å²) in [5, 5.41) is 7.82. The van der Waals surface area contributed by atoms with Gasteiger partial charge in [0.2, 0.25) is 0 Å². The van der Waals surface area contributed by atoms with Gasteiger partial charge in [-0.05, 0) is 13.3 Å². The van der Waals surface area contributed by atoms with E-state index in [1.54, 1.807) is 6.92 Å². The van der Waals surface area contributed by atoms with E-state index in [2.05, 4.69) is 15.0 Å². The second kappa shape index (κ2) is 3.21. The highest BCUT2D eigenvalue weighted by Crippen LogP contribution is 2.31. The number of nitrogens with zero attached hydrogens (tertiary/aromatic N) is 2. The number of methoxy groups -OCH3 is 1. The fraction of sp³-hybridized carbons (Fsp3) is 0.875. The van der Waals surface area contributed by atoms with Crippen LogP contribution in [0.3, 0.4) is 0 Å². The summed E-state index contributed by atoms with van der Waals surface area (Å²) in [6.07, 6.45) is 0.901. The van der Waals surface area contributed by atoms with E-state index in [0.717, 1.165) is 6.42 Å². The third kappa shape index (κ3) is 1.21. The molecule has 68 valence electrons. The molecule has 0 saturated heterocycles. The molecule has 0 aromatic heterocycles. The first-order valence-corrected chi connectivity index (χ1v) is 4.12. The average Bonchev–Trinajstić information content (AvgIpc) is 2.46. The van der Waals surface area contributed by atoms with Crippen LogP contribution >= 0.6 is 0 Å². The van der Waals surface area contributed by atoms with E-state index in [1.165, 1.54) is 7.11 Å². The molecular formula is C8H14N2O2. The lowest BCUT2D eigenvalue weighted by molar-refractivity contribution is -0.147. The molecule has 4 nitrogen and oxygen atoms in total. The summed E-state index contributed by atoms with van der Waals surface area (Å²) in [6.45, 7) is 4.45. The minimum absolute atomic E-state index is 0.199. The van der Waals surface area contributed by atoms with Gasteiger partial charge in [-0.1, -0.05) is 6.92 Å². The molecule has 0 amide bonds. The van der Waals surface area contributed by atoms with Crippen LogP contribution in [-0.4, -0.2) is 25.2 Å². The van der Waals surface area contributed by atoms with E-state index in [4.69, 9.17) is 0 Å². The molecule has 0 fully saturated rings. The molecule has 12 heavy (non-hydrogen) atoms. The first-order valence-electron chi connectivity index (χ1n) is 4.12. The fourth-order valence-electron chi connectivity index (χ4n) is 1.49. The Morgan fingerprint density at radius 1 is 1.75 bits per heavy atom. The van der Waals surface area contributed by atoms with Crippen molar-refractivity contribution < 1.29 is 9.53 Å². The molecule has 0 N–H and O–H groups in total. The maximum absolute atomic E-state index is 11.3. The number of carbonyl (C=O) groups excluding carboxylic acids is 1. The van der Waals surface area contributed by atoms with Crippen LogP contribution < -0.4 is 0 Å². The maximum atomic E-state index is 11.3. The predicted octanol–water partition coefficient (Wildman–Crippen LogP) is 1.41. The standard InChI is InChI=1S/C8H14N2O2/c1-4-6-5-9-10-8(6,2)7(11)12-3/h6H,4-5H2,1-3H3/t6-,8-/m1/s1. The highest BCUT2D eigenvalue weighted by Gasteiger charge is 2.45. The number of azo groups is 1. The second-order valence-electron chi connectivity index (χ2n) is 3.17. The molecule has 2 atom stereocenters. The van der Waals surface area contributed by atoms with Crippen LogP contribution in [0.15, 0.2) is 10.2 Å². The summed E-state index contributed by atoms with van der Waals surface area (Å²) < 4.78 is 4.68. The van der Waals surface area contributed by atoms with E-state index >= 15 is 0 Å². The van der Waals surface area contributed by atoms with Crippen molar-refractivity contribution in [3.8, 4) is 0 Å². The van der Waals surface area contributed by atoms with Gasteiger partial charge < -0.3 is 4.74 Å². The Hall–Kier alpha value is -0.930. The molecule has 0 saturated carbocycles. The molecule has 0 unspecified atom stereocenters. The van der Waals surface area contributed by atoms with Crippen molar-refractivity contribution in [2.75, 3.05) is 13.7 Å². The molecule has 1 aliphatic rings. The van der Waals surface area contributed by atoms with Crippen molar-refractivity contribution >= 4 is 5.97 Å². The monoisotopic (exact) mass is 170 g/mol. The van der Waals surface area contributed by atoms with Crippen LogP contribution in [-0.2, 0) is 9.53 Å². The van der Waals surface area contributed by atoms with Gasteiger partial charge in [0.25, 0.3) is 0 Å². The first-order chi connectivity index (χ1) is 5.65. The van der Waals surface area contributed by atoms with Crippen LogP contribution in [0.1, 0.15) is 20.3 Å². The van der Waals surface area contributed by atoms with Crippen molar-refractivity contribution in [1.29, 1.82) is 0 Å². The van der Waals surface area contributed by atoms with Crippen LogP contribution in [0, 0.1) is 5.92 Å².